The predicted octanol–water partition coefficient (Wildman–Crippen LogP) is 3.26. The molecule has 0 aliphatic rings. The molecule has 0 saturated heterocycles. The number of nitrogens with zero attached hydrogens (tertiary/aromatic N) is 6. The Morgan fingerprint density at radius 3 is 2.97 bits per heavy atom. The Kier molecular flexibility index (Phi) is 4.47. The van der Waals surface area contributed by atoms with Crippen LogP contribution in [-0.2, 0) is 20.0 Å². The van der Waals surface area contributed by atoms with Gasteiger partial charge >= 0.3 is 0 Å². The fourth-order valence-electron chi connectivity index (χ4n) is 4.20. The molecule has 0 aliphatic heterocycles. The van der Waals surface area contributed by atoms with Crippen LogP contribution in [0.4, 0.5) is 0 Å². The summed E-state index contributed by atoms with van der Waals surface area (Å²) in [5.41, 5.74) is 4.25. The van der Waals surface area contributed by atoms with Gasteiger partial charge in [0.15, 0.2) is 5.65 Å². The summed E-state index contributed by atoms with van der Waals surface area (Å²) < 4.78 is 9.56. The third kappa shape index (κ3) is 3.18. The molecule has 0 aliphatic carbocycles. The molecule has 6 aromatic rings. The topological polar surface area (TPSA) is 104 Å². The van der Waals surface area contributed by atoms with Crippen LogP contribution in [0.25, 0.3) is 32.2 Å². The molecule has 10 heteroatoms. The molecule has 0 saturated carbocycles. The summed E-state index contributed by atoms with van der Waals surface area (Å²) in [5.74, 6) is 0.579. The number of thiazole rings is 1. The van der Waals surface area contributed by atoms with Gasteiger partial charge in [-0.15, -0.1) is 11.3 Å². The van der Waals surface area contributed by atoms with Gasteiger partial charge in [-0.05, 0) is 23.3 Å². The minimum atomic E-state index is -0.138. The molecule has 164 valence electrons. The van der Waals surface area contributed by atoms with Gasteiger partial charge in [0.25, 0.3) is 5.56 Å². The van der Waals surface area contributed by atoms with Gasteiger partial charge in [-0.3, -0.25) is 9.89 Å². The van der Waals surface area contributed by atoms with Gasteiger partial charge in [0.2, 0.25) is 5.88 Å². The van der Waals surface area contributed by atoms with E-state index in [0.29, 0.717) is 24.4 Å². The lowest BCUT2D eigenvalue weighted by Crippen LogP contribution is -2.24. The maximum atomic E-state index is 13.4. The summed E-state index contributed by atoms with van der Waals surface area (Å²) in [6.45, 7) is 0.368. The van der Waals surface area contributed by atoms with Crippen molar-refractivity contribution < 1.29 is 4.74 Å². The van der Waals surface area contributed by atoms with E-state index in [0.717, 1.165) is 42.8 Å². The number of hydrogen-bond donors (Lipinski definition) is 1. The van der Waals surface area contributed by atoms with E-state index in [4.69, 9.17) is 9.72 Å². The van der Waals surface area contributed by atoms with Crippen molar-refractivity contribution >= 4 is 43.5 Å². The third-order valence-corrected chi connectivity index (χ3v) is 6.91. The highest BCUT2D eigenvalue weighted by molar-refractivity contribution is 7.19. The predicted molar refractivity (Wildman–Crippen MR) is 127 cm³/mol. The highest BCUT2D eigenvalue weighted by Crippen LogP contribution is 2.32. The Balaban J connectivity index is 1.40. The van der Waals surface area contributed by atoms with Gasteiger partial charge in [-0.25, -0.2) is 14.6 Å². The molecule has 0 radical (unpaired) electrons. The first-order chi connectivity index (χ1) is 16.1. The zero-order valence-electron chi connectivity index (χ0n) is 17.9. The number of pyridine rings is 1. The standard InChI is InChI=1S/C23H19N7O2S/c1-29-20-16(21-22(29)27-19(33-21)9-13-6-7-24-18(8-13)32-2)11-26-30(23(20)31)12-14-4-3-5-17-15(14)10-25-28-17/h3-8,10-11H,9,12H2,1-2H3,(H,25,28). The summed E-state index contributed by atoms with van der Waals surface area (Å²) in [7, 11) is 3.48. The van der Waals surface area contributed by atoms with Gasteiger partial charge < -0.3 is 9.30 Å². The molecule has 0 atom stereocenters. The van der Waals surface area contributed by atoms with E-state index >= 15 is 0 Å². The average molecular weight is 458 g/mol. The number of aromatic nitrogens is 7. The van der Waals surface area contributed by atoms with Crippen molar-refractivity contribution in [1.82, 2.24) is 34.5 Å². The molecule has 5 heterocycles. The van der Waals surface area contributed by atoms with Crippen molar-refractivity contribution in [3.8, 4) is 5.88 Å². The largest absolute Gasteiger partial charge is 0.481 e. The molecule has 0 unspecified atom stereocenters. The van der Waals surface area contributed by atoms with E-state index in [9.17, 15) is 4.79 Å². The Labute approximate surface area is 191 Å². The van der Waals surface area contributed by atoms with Crippen LogP contribution >= 0.6 is 11.3 Å². The fourth-order valence-corrected chi connectivity index (χ4v) is 5.34. The second-order valence-corrected chi connectivity index (χ2v) is 8.90. The van der Waals surface area contributed by atoms with Crippen molar-refractivity contribution in [2.75, 3.05) is 7.11 Å². The molecule has 0 bridgehead atoms. The molecule has 1 N–H and O–H groups in total. The number of ether oxygens (including phenoxy) is 1. The van der Waals surface area contributed by atoms with Crippen LogP contribution in [0.5, 0.6) is 5.88 Å². The summed E-state index contributed by atoms with van der Waals surface area (Å²) in [4.78, 5) is 22.3. The van der Waals surface area contributed by atoms with Crippen molar-refractivity contribution in [3.63, 3.8) is 0 Å². The molecule has 9 nitrogen and oxygen atoms in total. The Bertz CT molecular complexity index is 1710. The Hall–Kier alpha value is -4.05. The Morgan fingerprint density at radius 2 is 2.09 bits per heavy atom. The van der Waals surface area contributed by atoms with Gasteiger partial charge in [-0.1, -0.05) is 12.1 Å². The SMILES string of the molecule is COc1cc(Cc2nc3c(s2)c2cnn(Cc4cccc5[nH]ncc45)c(=O)c2n3C)ccn1. The summed E-state index contributed by atoms with van der Waals surface area (Å²) in [6, 6.07) is 9.75. The second-order valence-electron chi connectivity index (χ2n) is 7.82. The lowest BCUT2D eigenvalue weighted by Gasteiger charge is -2.07. The Morgan fingerprint density at radius 1 is 1.18 bits per heavy atom. The van der Waals surface area contributed by atoms with Gasteiger partial charge in [0.1, 0.15) is 10.5 Å². The van der Waals surface area contributed by atoms with Crippen LogP contribution in [-0.4, -0.2) is 41.6 Å². The first-order valence-electron chi connectivity index (χ1n) is 10.4. The van der Waals surface area contributed by atoms with Gasteiger partial charge in [0.05, 0.1) is 36.3 Å². The summed E-state index contributed by atoms with van der Waals surface area (Å²) in [6.07, 6.45) is 5.94. The number of rotatable bonds is 5. The number of methoxy groups -OCH3 is 1. The zero-order valence-corrected chi connectivity index (χ0v) is 18.8. The smallest absolute Gasteiger partial charge is 0.291 e. The fraction of sp³-hybridized carbons (Fsp3) is 0.174. The highest BCUT2D eigenvalue weighted by Gasteiger charge is 2.19. The van der Waals surface area contributed by atoms with E-state index < -0.39 is 0 Å². The van der Waals surface area contributed by atoms with Crippen LogP contribution in [0, 0.1) is 0 Å². The third-order valence-electron chi connectivity index (χ3n) is 5.83. The van der Waals surface area contributed by atoms with Crippen LogP contribution in [0.2, 0.25) is 0 Å². The van der Waals surface area contributed by atoms with Crippen molar-refractivity contribution in [1.29, 1.82) is 0 Å². The average Bonchev–Trinajstić information content (AvgIpc) is 3.53. The first-order valence-corrected chi connectivity index (χ1v) is 11.2. The summed E-state index contributed by atoms with van der Waals surface area (Å²) >= 11 is 1.58. The first kappa shape index (κ1) is 19.6. The van der Waals surface area contributed by atoms with E-state index in [2.05, 4.69) is 20.3 Å². The molecular weight excluding hydrogens is 438 g/mol. The van der Waals surface area contributed by atoms with E-state index in [1.807, 2.05) is 41.9 Å². The van der Waals surface area contributed by atoms with Crippen molar-refractivity contribution in [2.45, 2.75) is 13.0 Å². The molecule has 0 spiro atoms. The van der Waals surface area contributed by atoms with Gasteiger partial charge in [0, 0.05) is 36.5 Å². The number of fused-ring (bicyclic) bond motifs is 4. The molecule has 6 rings (SSSR count). The van der Waals surface area contributed by atoms with E-state index in [-0.39, 0.29) is 5.56 Å². The second kappa shape index (κ2) is 7.52. The molecular formula is C23H19N7O2S. The molecule has 0 amide bonds. The quantitative estimate of drug-likeness (QED) is 0.426. The van der Waals surface area contributed by atoms with Crippen molar-refractivity contribution in [2.24, 2.45) is 7.05 Å². The lowest BCUT2D eigenvalue weighted by molar-refractivity contribution is 0.397. The maximum absolute atomic E-state index is 13.4. The monoisotopic (exact) mass is 457 g/mol. The van der Waals surface area contributed by atoms with Gasteiger partial charge in [-0.2, -0.15) is 10.2 Å². The zero-order chi connectivity index (χ0) is 22.5. The number of aryl methyl sites for hydroxylation is 1. The lowest BCUT2D eigenvalue weighted by atomic mass is 10.1. The highest BCUT2D eigenvalue weighted by atomic mass is 32.1. The minimum Gasteiger partial charge on any atom is -0.481 e. The molecule has 5 aromatic heterocycles. The number of nitrogens with one attached hydrogen (secondary N) is 1. The van der Waals surface area contributed by atoms with Crippen LogP contribution in [0.1, 0.15) is 16.1 Å². The maximum Gasteiger partial charge on any atom is 0.291 e. The summed E-state index contributed by atoms with van der Waals surface area (Å²) in [5, 5.41) is 14.3. The molecule has 33 heavy (non-hydrogen) atoms. The number of benzene rings is 1. The van der Waals surface area contributed by atoms with E-state index in [1.165, 1.54) is 4.68 Å². The minimum absolute atomic E-state index is 0.138. The number of hydrogen-bond acceptors (Lipinski definition) is 7. The van der Waals surface area contributed by atoms with E-state index in [1.54, 1.807) is 37.0 Å². The van der Waals surface area contributed by atoms with Crippen LogP contribution in [0.3, 0.4) is 0 Å². The van der Waals surface area contributed by atoms with Crippen LogP contribution < -0.4 is 10.3 Å². The normalized spacial score (nSPS) is 11.7. The number of aromatic amines is 1. The van der Waals surface area contributed by atoms with Crippen LogP contribution in [0.15, 0.2) is 53.7 Å². The van der Waals surface area contributed by atoms with Crippen molar-refractivity contribution in [3.05, 3.63) is 75.4 Å². The number of H-pyrrole nitrogens is 1. The molecule has 1 aromatic carbocycles. The molecule has 0 fully saturated rings.